The number of aromatic carboxylic acids is 1. The van der Waals surface area contributed by atoms with Crippen LogP contribution < -0.4 is 0 Å². The Morgan fingerprint density at radius 2 is 2.00 bits per heavy atom. The molecular formula is C12H8N4O2. The molecule has 0 saturated carbocycles. The number of carboxylic acids is 1. The number of azide groups is 1. The van der Waals surface area contributed by atoms with Gasteiger partial charge in [0.05, 0.1) is 11.3 Å². The second-order valence-corrected chi connectivity index (χ2v) is 3.44. The summed E-state index contributed by atoms with van der Waals surface area (Å²) in [5.41, 5.74) is 9.74. The highest BCUT2D eigenvalue weighted by atomic mass is 16.4. The van der Waals surface area contributed by atoms with E-state index in [1.54, 1.807) is 12.1 Å². The molecule has 0 spiro atoms. The monoisotopic (exact) mass is 240 g/mol. The van der Waals surface area contributed by atoms with Crippen LogP contribution in [-0.4, -0.2) is 16.1 Å². The van der Waals surface area contributed by atoms with Crippen LogP contribution >= 0.6 is 0 Å². The van der Waals surface area contributed by atoms with Crippen molar-refractivity contribution < 1.29 is 9.90 Å². The minimum atomic E-state index is -1.18. The van der Waals surface area contributed by atoms with Gasteiger partial charge in [-0.15, -0.1) is 0 Å². The molecule has 0 saturated heterocycles. The zero-order chi connectivity index (χ0) is 13.0. The summed E-state index contributed by atoms with van der Waals surface area (Å²) >= 11 is 0. The first-order valence-corrected chi connectivity index (χ1v) is 5.06. The number of carboxylic acid groups (broad SMARTS) is 1. The van der Waals surface area contributed by atoms with Crippen molar-refractivity contribution in [1.82, 2.24) is 4.98 Å². The molecule has 1 N–H and O–H groups in total. The highest BCUT2D eigenvalue weighted by Gasteiger charge is 2.14. The average molecular weight is 240 g/mol. The Balaban J connectivity index is 2.71. The molecule has 0 aliphatic rings. The lowest BCUT2D eigenvalue weighted by Crippen LogP contribution is -1.98. The molecule has 2 rings (SSSR count). The molecule has 0 fully saturated rings. The smallest absolute Gasteiger partial charge is 0.337 e. The molecule has 0 amide bonds. The second-order valence-electron chi connectivity index (χ2n) is 3.44. The van der Waals surface area contributed by atoms with Crippen LogP contribution in [0, 0.1) is 0 Å². The fourth-order valence-electron chi connectivity index (χ4n) is 1.59. The SMILES string of the molecule is [N-]=[N+]=Nc1c(C(=O)O)cncc1-c1ccccc1. The third kappa shape index (κ3) is 2.14. The Morgan fingerprint density at radius 1 is 1.28 bits per heavy atom. The summed E-state index contributed by atoms with van der Waals surface area (Å²) < 4.78 is 0. The lowest BCUT2D eigenvalue weighted by atomic mass is 10.0. The quantitative estimate of drug-likeness (QED) is 0.505. The van der Waals surface area contributed by atoms with Crippen molar-refractivity contribution in [3.05, 3.63) is 58.7 Å². The summed E-state index contributed by atoms with van der Waals surface area (Å²) in [6, 6.07) is 9.04. The zero-order valence-electron chi connectivity index (χ0n) is 9.19. The van der Waals surface area contributed by atoms with E-state index in [1.165, 1.54) is 12.4 Å². The van der Waals surface area contributed by atoms with Crippen molar-refractivity contribution in [3.63, 3.8) is 0 Å². The molecule has 0 atom stereocenters. The molecule has 1 heterocycles. The molecule has 0 aliphatic heterocycles. The Kier molecular flexibility index (Phi) is 3.22. The molecule has 0 bridgehead atoms. The average Bonchev–Trinajstić information content (AvgIpc) is 2.40. The fraction of sp³-hybridized carbons (Fsp3) is 0. The van der Waals surface area contributed by atoms with Crippen LogP contribution in [0.25, 0.3) is 21.6 Å². The number of rotatable bonds is 3. The van der Waals surface area contributed by atoms with Crippen LogP contribution in [-0.2, 0) is 0 Å². The molecule has 2 aromatic rings. The van der Waals surface area contributed by atoms with Gasteiger partial charge < -0.3 is 5.11 Å². The summed E-state index contributed by atoms with van der Waals surface area (Å²) in [6.07, 6.45) is 2.64. The van der Waals surface area contributed by atoms with Crippen LogP contribution in [0.2, 0.25) is 0 Å². The molecule has 0 radical (unpaired) electrons. The van der Waals surface area contributed by atoms with E-state index in [4.69, 9.17) is 10.6 Å². The maximum Gasteiger partial charge on any atom is 0.337 e. The predicted molar refractivity (Wildman–Crippen MR) is 65.4 cm³/mol. The van der Waals surface area contributed by atoms with Gasteiger partial charge in [-0.2, -0.15) is 0 Å². The minimum absolute atomic E-state index is 0.0752. The van der Waals surface area contributed by atoms with Crippen molar-refractivity contribution >= 4 is 11.7 Å². The van der Waals surface area contributed by atoms with E-state index in [0.29, 0.717) is 5.56 Å². The summed E-state index contributed by atoms with van der Waals surface area (Å²) in [4.78, 5) is 17.6. The normalized spacial score (nSPS) is 9.56. The van der Waals surface area contributed by atoms with Crippen LogP contribution in [0.15, 0.2) is 47.8 Å². The van der Waals surface area contributed by atoms with Gasteiger partial charge in [0.25, 0.3) is 0 Å². The van der Waals surface area contributed by atoms with E-state index in [-0.39, 0.29) is 11.3 Å². The molecule has 88 valence electrons. The molecule has 0 unspecified atom stereocenters. The summed E-state index contributed by atoms with van der Waals surface area (Å²) in [5, 5.41) is 12.5. The largest absolute Gasteiger partial charge is 0.478 e. The van der Waals surface area contributed by atoms with Gasteiger partial charge in [0, 0.05) is 22.9 Å². The molecule has 18 heavy (non-hydrogen) atoms. The van der Waals surface area contributed by atoms with E-state index in [2.05, 4.69) is 15.0 Å². The van der Waals surface area contributed by atoms with Crippen LogP contribution in [0.3, 0.4) is 0 Å². The van der Waals surface area contributed by atoms with Crippen molar-refractivity contribution in [2.75, 3.05) is 0 Å². The van der Waals surface area contributed by atoms with Gasteiger partial charge in [0.1, 0.15) is 0 Å². The lowest BCUT2D eigenvalue weighted by molar-refractivity contribution is 0.0697. The first kappa shape index (κ1) is 11.6. The predicted octanol–water partition coefficient (Wildman–Crippen LogP) is 3.39. The summed E-state index contributed by atoms with van der Waals surface area (Å²) in [7, 11) is 0. The number of nitrogens with zero attached hydrogens (tertiary/aromatic N) is 4. The van der Waals surface area contributed by atoms with Crippen molar-refractivity contribution in [2.45, 2.75) is 0 Å². The van der Waals surface area contributed by atoms with Gasteiger partial charge in [-0.1, -0.05) is 35.4 Å². The van der Waals surface area contributed by atoms with E-state index in [0.717, 1.165) is 5.56 Å². The van der Waals surface area contributed by atoms with Gasteiger partial charge >= 0.3 is 5.97 Å². The van der Waals surface area contributed by atoms with Crippen molar-refractivity contribution in [2.24, 2.45) is 5.11 Å². The van der Waals surface area contributed by atoms with Gasteiger partial charge in [-0.25, -0.2) is 4.79 Å². The highest BCUT2D eigenvalue weighted by molar-refractivity contribution is 5.97. The Labute approximate surface area is 102 Å². The summed E-state index contributed by atoms with van der Waals surface area (Å²) in [5.74, 6) is -1.18. The lowest BCUT2D eigenvalue weighted by Gasteiger charge is -2.07. The molecule has 1 aromatic heterocycles. The minimum Gasteiger partial charge on any atom is -0.478 e. The molecular weight excluding hydrogens is 232 g/mol. The highest BCUT2D eigenvalue weighted by Crippen LogP contribution is 2.32. The first-order valence-electron chi connectivity index (χ1n) is 5.06. The molecule has 6 nitrogen and oxygen atoms in total. The third-order valence-corrected chi connectivity index (χ3v) is 2.38. The molecule has 0 aliphatic carbocycles. The van der Waals surface area contributed by atoms with E-state index >= 15 is 0 Å². The standard InChI is InChI=1S/C12H8N4O2/c13-16-15-11-9(8-4-2-1-3-5-8)6-14-7-10(11)12(17)18/h1-7H,(H,17,18). The Bertz CT molecular complexity index is 634. The maximum atomic E-state index is 11.1. The van der Waals surface area contributed by atoms with Crippen LogP contribution in [0.5, 0.6) is 0 Å². The third-order valence-electron chi connectivity index (χ3n) is 2.38. The zero-order valence-corrected chi connectivity index (χ0v) is 9.19. The second kappa shape index (κ2) is 4.99. The Hall–Kier alpha value is -2.85. The number of hydrogen-bond donors (Lipinski definition) is 1. The van der Waals surface area contributed by atoms with Gasteiger partial charge in [-0.3, -0.25) is 4.98 Å². The topological polar surface area (TPSA) is 99.0 Å². The fourth-order valence-corrected chi connectivity index (χ4v) is 1.59. The van der Waals surface area contributed by atoms with Crippen molar-refractivity contribution in [3.8, 4) is 11.1 Å². The number of aromatic nitrogens is 1. The summed E-state index contributed by atoms with van der Waals surface area (Å²) in [6.45, 7) is 0. The first-order chi connectivity index (χ1) is 8.74. The number of hydrogen-bond acceptors (Lipinski definition) is 3. The van der Waals surface area contributed by atoms with E-state index in [9.17, 15) is 4.79 Å². The maximum absolute atomic E-state index is 11.1. The number of benzene rings is 1. The van der Waals surface area contributed by atoms with Crippen LogP contribution in [0.1, 0.15) is 10.4 Å². The number of pyridine rings is 1. The molecule has 1 aromatic carbocycles. The van der Waals surface area contributed by atoms with Gasteiger partial charge in [0.2, 0.25) is 0 Å². The van der Waals surface area contributed by atoms with E-state index in [1.807, 2.05) is 18.2 Å². The van der Waals surface area contributed by atoms with Crippen molar-refractivity contribution in [1.29, 1.82) is 0 Å². The molecule has 6 heteroatoms. The Morgan fingerprint density at radius 3 is 2.61 bits per heavy atom. The number of carbonyl (C=O) groups is 1. The van der Waals surface area contributed by atoms with Gasteiger partial charge in [-0.05, 0) is 11.1 Å². The van der Waals surface area contributed by atoms with Crippen LogP contribution in [0.4, 0.5) is 5.69 Å². The van der Waals surface area contributed by atoms with E-state index < -0.39 is 5.97 Å². The van der Waals surface area contributed by atoms with Gasteiger partial charge in [0.15, 0.2) is 0 Å².